The molecule has 2 fully saturated rings. The first-order valence-electron chi connectivity index (χ1n) is 12.6. The molecule has 4 atom stereocenters. The lowest BCUT2D eigenvalue weighted by molar-refractivity contribution is -0.154. The summed E-state index contributed by atoms with van der Waals surface area (Å²) in [7, 11) is 1.36. The van der Waals surface area contributed by atoms with Gasteiger partial charge < -0.3 is 15.0 Å². The van der Waals surface area contributed by atoms with E-state index in [0.29, 0.717) is 12.5 Å². The Hall–Kier alpha value is -2.84. The molecule has 0 unspecified atom stereocenters. The standard InChI is InChI=1S/C26H38N4O5/c1-15(2)19(13-21(31)22(16(3)4)29-24(32)20-14-27-9-10-28-20)25(33)30-11-8-18(12-17-6-7-17)23(30)26(34)35-5/h9-10,14-19,22-23H,6-8,11-13H2,1-5H3,(H,29,32)/t18-,19+,22+,23+/m1/s1. The number of methoxy groups -OCH3 is 1. The summed E-state index contributed by atoms with van der Waals surface area (Å²) >= 11 is 0. The molecule has 0 spiro atoms. The molecule has 0 aromatic carbocycles. The van der Waals surface area contributed by atoms with E-state index >= 15 is 0 Å². The molecule has 1 aliphatic heterocycles. The minimum atomic E-state index is -0.767. The van der Waals surface area contributed by atoms with Crippen LogP contribution in [0.2, 0.25) is 0 Å². The monoisotopic (exact) mass is 486 g/mol. The van der Waals surface area contributed by atoms with Crippen molar-refractivity contribution in [2.45, 2.75) is 71.9 Å². The van der Waals surface area contributed by atoms with Gasteiger partial charge in [-0.3, -0.25) is 19.4 Å². The molecule has 1 aliphatic carbocycles. The minimum Gasteiger partial charge on any atom is -0.467 e. The van der Waals surface area contributed by atoms with Crippen LogP contribution in [-0.2, 0) is 19.1 Å². The van der Waals surface area contributed by atoms with Crippen molar-refractivity contribution in [2.75, 3.05) is 13.7 Å². The van der Waals surface area contributed by atoms with Crippen LogP contribution < -0.4 is 5.32 Å². The number of carbonyl (C=O) groups is 4. The number of carbonyl (C=O) groups excluding carboxylic acids is 4. The van der Waals surface area contributed by atoms with Crippen molar-refractivity contribution in [1.29, 1.82) is 0 Å². The number of nitrogens with one attached hydrogen (secondary N) is 1. The number of rotatable bonds is 11. The van der Waals surface area contributed by atoms with Crippen molar-refractivity contribution in [3.05, 3.63) is 24.3 Å². The van der Waals surface area contributed by atoms with Crippen molar-refractivity contribution < 1.29 is 23.9 Å². The molecule has 1 saturated heterocycles. The van der Waals surface area contributed by atoms with Gasteiger partial charge in [0.15, 0.2) is 5.78 Å². The molecular formula is C26H38N4O5. The normalized spacial score (nSPS) is 21.6. The molecule has 35 heavy (non-hydrogen) atoms. The van der Waals surface area contributed by atoms with Gasteiger partial charge in [-0.15, -0.1) is 0 Å². The topological polar surface area (TPSA) is 119 Å². The zero-order chi connectivity index (χ0) is 25.7. The Labute approximate surface area is 207 Å². The highest BCUT2D eigenvalue weighted by molar-refractivity contribution is 5.98. The van der Waals surface area contributed by atoms with E-state index < -0.39 is 23.9 Å². The number of aromatic nitrogens is 2. The highest BCUT2D eigenvalue weighted by Crippen LogP contribution is 2.41. The molecular weight excluding hydrogens is 448 g/mol. The summed E-state index contributed by atoms with van der Waals surface area (Å²) in [4.78, 5) is 61.9. The van der Waals surface area contributed by atoms with Crippen molar-refractivity contribution in [1.82, 2.24) is 20.2 Å². The maximum atomic E-state index is 13.7. The molecule has 1 N–H and O–H groups in total. The van der Waals surface area contributed by atoms with Crippen LogP contribution in [0.4, 0.5) is 0 Å². The fraction of sp³-hybridized carbons (Fsp3) is 0.692. The first-order chi connectivity index (χ1) is 16.6. The van der Waals surface area contributed by atoms with Gasteiger partial charge in [-0.1, -0.05) is 40.5 Å². The summed E-state index contributed by atoms with van der Waals surface area (Å²) in [5, 5.41) is 2.77. The number of nitrogens with zero attached hydrogens (tertiary/aromatic N) is 3. The van der Waals surface area contributed by atoms with E-state index in [1.165, 1.54) is 38.5 Å². The molecule has 2 amide bonds. The van der Waals surface area contributed by atoms with Gasteiger partial charge in [0, 0.05) is 31.3 Å². The largest absolute Gasteiger partial charge is 0.467 e. The van der Waals surface area contributed by atoms with Gasteiger partial charge in [0.05, 0.1) is 19.3 Å². The van der Waals surface area contributed by atoms with E-state index in [-0.39, 0.29) is 47.5 Å². The predicted molar refractivity (Wildman–Crippen MR) is 129 cm³/mol. The molecule has 1 aromatic heterocycles. The SMILES string of the molecule is COC(=O)[C@@H]1[C@@H](CC2CC2)CCN1C(=O)[C@@H](CC(=O)[C@@H](NC(=O)c1cnccn1)C(C)C)C(C)C. The van der Waals surface area contributed by atoms with E-state index in [0.717, 1.165) is 12.8 Å². The lowest BCUT2D eigenvalue weighted by Gasteiger charge is -2.32. The van der Waals surface area contributed by atoms with Crippen molar-refractivity contribution in [3.63, 3.8) is 0 Å². The van der Waals surface area contributed by atoms with Gasteiger partial charge >= 0.3 is 5.97 Å². The van der Waals surface area contributed by atoms with Crippen LogP contribution in [0.3, 0.4) is 0 Å². The quantitative estimate of drug-likeness (QED) is 0.478. The Balaban J connectivity index is 1.73. The van der Waals surface area contributed by atoms with Crippen LogP contribution in [0.1, 0.15) is 70.3 Å². The van der Waals surface area contributed by atoms with Crippen LogP contribution in [0.15, 0.2) is 18.6 Å². The summed E-state index contributed by atoms with van der Waals surface area (Å²) in [5.41, 5.74) is 0.127. The van der Waals surface area contributed by atoms with Gasteiger partial charge in [-0.2, -0.15) is 0 Å². The maximum absolute atomic E-state index is 13.7. The van der Waals surface area contributed by atoms with Gasteiger partial charge in [0.2, 0.25) is 5.91 Å². The van der Waals surface area contributed by atoms with Gasteiger partial charge in [0.1, 0.15) is 11.7 Å². The van der Waals surface area contributed by atoms with Crippen molar-refractivity contribution in [2.24, 2.45) is 29.6 Å². The second-order valence-electron chi connectivity index (χ2n) is 10.5. The fourth-order valence-corrected chi connectivity index (χ4v) is 4.99. The lowest BCUT2D eigenvalue weighted by Crippen LogP contribution is -2.49. The number of ketones is 1. The zero-order valence-electron chi connectivity index (χ0n) is 21.4. The number of amides is 2. The van der Waals surface area contributed by atoms with E-state index in [1.807, 2.05) is 27.7 Å². The molecule has 3 rings (SSSR count). The van der Waals surface area contributed by atoms with Crippen LogP contribution in [0.5, 0.6) is 0 Å². The van der Waals surface area contributed by atoms with Gasteiger partial charge in [-0.05, 0) is 36.5 Å². The second-order valence-corrected chi connectivity index (χ2v) is 10.5. The van der Waals surface area contributed by atoms with E-state index in [9.17, 15) is 19.2 Å². The zero-order valence-corrected chi connectivity index (χ0v) is 21.4. The molecule has 0 radical (unpaired) electrons. The number of hydrogen-bond donors (Lipinski definition) is 1. The molecule has 9 heteroatoms. The van der Waals surface area contributed by atoms with Crippen LogP contribution >= 0.6 is 0 Å². The molecule has 2 heterocycles. The summed E-state index contributed by atoms with van der Waals surface area (Å²) in [6.07, 6.45) is 8.27. The third-order valence-electron chi connectivity index (χ3n) is 7.22. The molecule has 1 saturated carbocycles. The molecule has 192 valence electrons. The average Bonchev–Trinajstić information content (AvgIpc) is 3.56. The molecule has 2 aliphatic rings. The number of ether oxygens (including phenoxy) is 1. The number of likely N-dealkylation sites (tertiary alicyclic amines) is 1. The Morgan fingerprint density at radius 3 is 2.34 bits per heavy atom. The first kappa shape index (κ1) is 26.8. The Bertz CT molecular complexity index is 916. The summed E-state index contributed by atoms with van der Waals surface area (Å²) in [5.74, 6) is -1.43. The van der Waals surface area contributed by atoms with Gasteiger partial charge in [0.25, 0.3) is 5.91 Å². The Kier molecular flexibility index (Phi) is 8.97. The second kappa shape index (κ2) is 11.7. The molecule has 0 bridgehead atoms. The number of esters is 1. The van der Waals surface area contributed by atoms with Crippen molar-refractivity contribution in [3.8, 4) is 0 Å². The highest BCUT2D eigenvalue weighted by atomic mass is 16.5. The smallest absolute Gasteiger partial charge is 0.328 e. The molecule has 9 nitrogen and oxygen atoms in total. The van der Waals surface area contributed by atoms with Crippen molar-refractivity contribution >= 4 is 23.6 Å². The minimum absolute atomic E-state index is 0.0161. The van der Waals surface area contributed by atoms with Crippen LogP contribution in [-0.4, -0.2) is 64.2 Å². The third-order valence-corrected chi connectivity index (χ3v) is 7.22. The first-order valence-corrected chi connectivity index (χ1v) is 12.6. The average molecular weight is 487 g/mol. The summed E-state index contributed by atoms with van der Waals surface area (Å²) in [6.45, 7) is 8.00. The fourth-order valence-electron chi connectivity index (χ4n) is 4.99. The predicted octanol–water partition coefficient (Wildman–Crippen LogP) is 2.65. The van der Waals surface area contributed by atoms with Crippen LogP contribution in [0, 0.1) is 29.6 Å². The number of hydrogen-bond acceptors (Lipinski definition) is 7. The van der Waals surface area contributed by atoms with E-state index in [2.05, 4.69) is 15.3 Å². The van der Waals surface area contributed by atoms with Gasteiger partial charge in [-0.25, -0.2) is 9.78 Å². The maximum Gasteiger partial charge on any atom is 0.328 e. The number of Topliss-reactive ketones (excluding diaryl/α,β-unsaturated/α-hetero) is 1. The van der Waals surface area contributed by atoms with E-state index in [4.69, 9.17) is 4.74 Å². The summed E-state index contributed by atoms with van der Waals surface area (Å²) < 4.78 is 5.07. The highest BCUT2D eigenvalue weighted by Gasteiger charge is 2.46. The molecule has 1 aromatic rings. The third kappa shape index (κ3) is 6.64. The summed E-state index contributed by atoms with van der Waals surface area (Å²) in [6, 6.07) is -1.36. The Morgan fingerprint density at radius 2 is 1.80 bits per heavy atom. The van der Waals surface area contributed by atoms with E-state index in [1.54, 1.807) is 4.90 Å². The Morgan fingerprint density at radius 1 is 1.09 bits per heavy atom. The lowest BCUT2D eigenvalue weighted by atomic mass is 9.85. The van der Waals surface area contributed by atoms with Crippen LogP contribution in [0.25, 0.3) is 0 Å².